The maximum absolute atomic E-state index is 13.4. The van der Waals surface area contributed by atoms with Crippen LogP contribution in [0.4, 0.5) is 18.0 Å². The van der Waals surface area contributed by atoms with E-state index in [1.165, 1.54) is 4.90 Å². The summed E-state index contributed by atoms with van der Waals surface area (Å²) in [5.74, 6) is -0.536. The average Bonchev–Trinajstić information content (AvgIpc) is 3.04. The van der Waals surface area contributed by atoms with E-state index in [2.05, 4.69) is 21.3 Å². The van der Waals surface area contributed by atoms with Crippen LogP contribution in [0, 0.1) is 0 Å². The van der Waals surface area contributed by atoms with Crippen LogP contribution in [0.1, 0.15) is 32.6 Å². The standard InChI is InChI=1S/C16H28F3N5O2/c1-2-21-14(26)23-15(5-3-4-6-15)13(25)22-11-12(16(17,18)19)24-9-7-20-8-10-24/h12,20H,2-11H2,1H3,(H,22,25)(H2,21,23,26). The van der Waals surface area contributed by atoms with E-state index in [0.29, 0.717) is 32.5 Å². The lowest BCUT2D eigenvalue weighted by Gasteiger charge is -2.37. The molecule has 1 saturated carbocycles. The van der Waals surface area contributed by atoms with Gasteiger partial charge in [-0.15, -0.1) is 0 Å². The van der Waals surface area contributed by atoms with Gasteiger partial charge in [-0.2, -0.15) is 13.2 Å². The number of hydrogen-bond acceptors (Lipinski definition) is 4. The molecule has 2 aliphatic rings. The number of nitrogens with one attached hydrogen (secondary N) is 4. The van der Waals surface area contributed by atoms with Crippen LogP contribution >= 0.6 is 0 Å². The first-order valence-electron chi connectivity index (χ1n) is 9.14. The van der Waals surface area contributed by atoms with Crippen molar-refractivity contribution >= 4 is 11.9 Å². The molecular formula is C16H28F3N5O2. The maximum Gasteiger partial charge on any atom is 0.405 e. The summed E-state index contributed by atoms with van der Waals surface area (Å²) in [5, 5.41) is 10.7. The van der Waals surface area contributed by atoms with Crippen LogP contribution in [0.5, 0.6) is 0 Å². The highest BCUT2D eigenvalue weighted by Gasteiger charge is 2.46. The number of amides is 3. The Hall–Kier alpha value is -1.55. The normalized spacial score (nSPS) is 21.8. The Morgan fingerprint density at radius 1 is 1.15 bits per heavy atom. The summed E-state index contributed by atoms with van der Waals surface area (Å²) in [7, 11) is 0. The van der Waals surface area contributed by atoms with Crippen LogP contribution in [0.3, 0.4) is 0 Å². The van der Waals surface area contributed by atoms with Crippen molar-refractivity contribution in [3.8, 4) is 0 Å². The third-order valence-corrected chi connectivity index (χ3v) is 5.01. The zero-order valence-corrected chi connectivity index (χ0v) is 15.0. The Labute approximate surface area is 151 Å². The van der Waals surface area contributed by atoms with Gasteiger partial charge >= 0.3 is 12.2 Å². The summed E-state index contributed by atoms with van der Waals surface area (Å²) in [6.07, 6.45) is -2.07. The predicted octanol–water partition coefficient (Wildman–Crippen LogP) is 0.571. The molecule has 2 rings (SSSR count). The van der Waals surface area contributed by atoms with E-state index in [0.717, 1.165) is 12.8 Å². The molecule has 1 aliphatic heterocycles. The van der Waals surface area contributed by atoms with Crippen molar-refractivity contribution in [3.63, 3.8) is 0 Å². The smallest absolute Gasteiger partial charge is 0.352 e. The van der Waals surface area contributed by atoms with Gasteiger partial charge in [0, 0.05) is 39.3 Å². The van der Waals surface area contributed by atoms with Gasteiger partial charge < -0.3 is 21.3 Å². The molecule has 0 bridgehead atoms. The predicted molar refractivity (Wildman–Crippen MR) is 90.7 cm³/mol. The minimum Gasteiger partial charge on any atom is -0.352 e. The number of nitrogens with zero attached hydrogens (tertiary/aromatic N) is 1. The number of urea groups is 1. The summed E-state index contributed by atoms with van der Waals surface area (Å²) in [6.45, 7) is 3.18. The molecule has 1 unspecified atom stereocenters. The second kappa shape index (κ2) is 8.90. The first kappa shape index (κ1) is 20.8. The maximum atomic E-state index is 13.4. The summed E-state index contributed by atoms with van der Waals surface area (Å²) >= 11 is 0. The third kappa shape index (κ3) is 5.23. The van der Waals surface area contributed by atoms with Gasteiger partial charge in [0.15, 0.2) is 0 Å². The fourth-order valence-corrected chi connectivity index (χ4v) is 3.61. The number of carbonyl (C=O) groups excluding carboxylic acids is 2. The quantitative estimate of drug-likeness (QED) is 0.544. The van der Waals surface area contributed by atoms with Crippen LogP contribution in [-0.4, -0.2) is 73.9 Å². The van der Waals surface area contributed by atoms with E-state index in [9.17, 15) is 22.8 Å². The minimum absolute atomic E-state index is 0.280. The Morgan fingerprint density at radius 2 is 1.77 bits per heavy atom. The number of alkyl halides is 3. The van der Waals surface area contributed by atoms with E-state index >= 15 is 0 Å². The highest BCUT2D eigenvalue weighted by atomic mass is 19.4. The lowest BCUT2D eigenvalue weighted by molar-refractivity contribution is -0.184. The Morgan fingerprint density at radius 3 is 2.31 bits per heavy atom. The number of carbonyl (C=O) groups is 2. The molecule has 1 atom stereocenters. The zero-order chi connectivity index (χ0) is 19.2. The second-order valence-corrected chi connectivity index (χ2v) is 6.83. The van der Waals surface area contributed by atoms with Gasteiger partial charge in [-0.25, -0.2) is 4.79 Å². The van der Waals surface area contributed by atoms with Crippen LogP contribution < -0.4 is 21.3 Å². The lowest BCUT2D eigenvalue weighted by atomic mass is 9.96. The molecule has 26 heavy (non-hydrogen) atoms. The molecule has 2 fully saturated rings. The van der Waals surface area contributed by atoms with E-state index in [1.54, 1.807) is 6.92 Å². The molecule has 10 heteroatoms. The van der Waals surface area contributed by atoms with Gasteiger partial charge in [-0.1, -0.05) is 12.8 Å². The van der Waals surface area contributed by atoms with Gasteiger partial charge in [-0.3, -0.25) is 9.69 Å². The molecule has 0 spiro atoms. The SMILES string of the molecule is CCNC(=O)NC1(C(=O)NCC(N2CCNCC2)C(F)(F)F)CCCC1. The van der Waals surface area contributed by atoms with Crippen LogP contribution in [0.2, 0.25) is 0 Å². The van der Waals surface area contributed by atoms with Gasteiger partial charge in [0.05, 0.1) is 0 Å². The average molecular weight is 379 g/mol. The van der Waals surface area contributed by atoms with Crippen molar-refractivity contribution in [2.24, 2.45) is 0 Å². The molecule has 0 aromatic heterocycles. The summed E-state index contributed by atoms with van der Waals surface area (Å²) < 4.78 is 40.3. The fraction of sp³-hybridized carbons (Fsp3) is 0.875. The van der Waals surface area contributed by atoms with Crippen molar-refractivity contribution in [3.05, 3.63) is 0 Å². The first-order valence-corrected chi connectivity index (χ1v) is 9.14. The van der Waals surface area contributed by atoms with Gasteiger partial charge in [0.2, 0.25) is 5.91 Å². The minimum atomic E-state index is -4.43. The summed E-state index contributed by atoms with van der Waals surface area (Å²) in [6, 6.07) is -2.20. The zero-order valence-electron chi connectivity index (χ0n) is 15.0. The van der Waals surface area contributed by atoms with Crippen molar-refractivity contribution < 1.29 is 22.8 Å². The van der Waals surface area contributed by atoms with Crippen molar-refractivity contribution in [2.45, 2.75) is 50.4 Å². The molecule has 3 amide bonds. The molecule has 0 aromatic rings. The van der Waals surface area contributed by atoms with Crippen LogP contribution in [0.25, 0.3) is 0 Å². The molecule has 4 N–H and O–H groups in total. The molecule has 1 aliphatic carbocycles. The molecule has 0 aromatic carbocycles. The van der Waals surface area contributed by atoms with Gasteiger partial charge in [-0.05, 0) is 19.8 Å². The molecule has 1 heterocycles. The number of halogens is 3. The van der Waals surface area contributed by atoms with Crippen molar-refractivity contribution in [1.29, 1.82) is 0 Å². The second-order valence-electron chi connectivity index (χ2n) is 6.83. The highest BCUT2D eigenvalue weighted by Crippen LogP contribution is 2.30. The third-order valence-electron chi connectivity index (χ3n) is 5.01. The fourth-order valence-electron chi connectivity index (χ4n) is 3.61. The largest absolute Gasteiger partial charge is 0.405 e. The monoisotopic (exact) mass is 379 g/mol. The molecule has 7 nitrogen and oxygen atoms in total. The molecule has 0 radical (unpaired) electrons. The van der Waals surface area contributed by atoms with E-state index in [-0.39, 0.29) is 13.1 Å². The molecule has 150 valence electrons. The van der Waals surface area contributed by atoms with Crippen molar-refractivity contribution in [1.82, 2.24) is 26.2 Å². The number of piperazine rings is 1. The van der Waals surface area contributed by atoms with Crippen LogP contribution in [0.15, 0.2) is 0 Å². The Balaban J connectivity index is 2.01. The lowest BCUT2D eigenvalue weighted by Crippen LogP contribution is -2.62. The first-order chi connectivity index (χ1) is 12.3. The van der Waals surface area contributed by atoms with Gasteiger partial charge in [0.25, 0.3) is 0 Å². The van der Waals surface area contributed by atoms with Gasteiger partial charge in [0.1, 0.15) is 11.6 Å². The van der Waals surface area contributed by atoms with E-state index in [1.807, 2.05) is 0 Å². The Kier molecular flexibility index (Phi) is 7.10. The van der Waals surface area contributed by atoms with Crippen LogP contribution in [-0.2, 0) is 4.79 Å². The highest BCUT2D eigenvalue weighted by molar-refractivity contribution is 5.91. The molecule has 1 saturated heterocycles. The summed E-state index contributed by atoms with van der Waals surface area (Å²) in [5.41, 5.74) is -1.13. The number of rotatable bonds is 6. The molecular weight excluding hydrogens is 351 g/mol. The topological polar surface area (TPSA) is 85.5 Å². The van der Waals surface area contributed by atoms with E-state index < -0.39 is 36.2 Å². The Bertz CT molecular complexity index is 489. The summed E-state index contributed by atoms with van der Waals surface area (Å²) in [4.78, 5) is 25.9. The number of hydrogen-bond donors (Lipinski definition) is 4. The van der Waals surface area contributed by atoms with Crippen molar-refractivity contribution in [2.75, 3.05) is 39.3 Å². The van der Waals surface area contributed by atoms with E-state index in [4.69, 9.17) is 0 Å².